The van der Waals surface area contributed by atoms with Crippen LogP contribution in [0.1, 0.15) is 45.6 Å². The molecular formula is C24H30F3NO5. The minimum absolute atomic E-state index is 0.0115. The summed E-state index contributed by atoms with van der Waals surface area (Å²) in [5, 5.41) is 2.41. The lowest BCUT2D eigenvalue weighted by Gasteiger charge is -2.42. The predicted molar refractivity (Wildman–Crippen MR) is 115 cm³/mol. The SMILES string of the molecule is COC1C(OC(=O)Nc2cccc(C(F)(F)F)c2)CCC2(CO2)C1C1(C)OC1CC=C(C)C. The van der Waals surface area contributed by atoms with Gasteiger partial charge in [0.25, 0.3) is 0 Å². The van der Waals surface area contributed by atoms with Crippen LogP contribution in [0.3, 0.4) is 0 Å². The van der Waals surface area contributed by atoms with E-state index in [-0.39, 0.29) is 23.3 Å². The van der Waals surface area contributed by atoms with Crippen LogP contribution in [0.4, 0.5) is 23.7 Å². The highest BCUT2D eigenvalue weighted by molar-refractivity contribution is 5.84. The molecule has 1 saturated carbocycles. The van der Waals surface area contributed by atoms with Crippen LogP contribution in [0, 0.1) is 5.92 Å². The standard InChI is InChI=1S/C24H30F3NO5/c1-14(2)8-9-18-22(3,33-18)20-19(30-4)17(10-11-23(20)13-31-23)32-21(29)28-16-7-5-6-15(12-16)24(25,26)27/h5-8,12,17-20H,9-11,13H2,1-4H3,(H,28,29). The minimum atomic E-state index is -4.50. The number of benzene rings is 1. The highest BCUT2D eigenvalue weighted by Crippen LogP contribution is 2.59. The van der Waals surface area contributed by atoms with E-state index >= 15 is 0 Å². The first-order valence-corrected chi connectivity index (χ1v) is 11.1. The Hall–Kier alpha value is -2.10. The molecule has 3 aliphatic rings. The van der Waals surface area contributed by atoms with Gasteiger partial charge in [-0.2, -0.15) is 13.2 Å². The van der Waals surface area contributed by atoms with Gasteiger partial charge in [-0.15, -0.1) is 0 Å². The van der Waals surface area contributed by atoms with E-state index in [0.29, 0.717) is 19.4 Å². The quantitative estimate of drug-likeness (QED) is 0.450. The Morgan fingerprint density at radius 1 is 1.33 bits per heavy atom. The number of alkyl halides is 3. The summed E-state index contributed by atoms with van der Waals surface area (Å²) in [4.78, 5) is 12.6. The molecule has 2 saturated heterocycles. The first-order valence-electron chi connectivity index (χ1n) is 11.1. The third-order valence-electron chi connectivity index (χ3n) is 6.93. The van der Waals surface area contributed by atoms with Crippen molar-refractivity contribution in [3.05, 3.63) is 41.5 Å². The molecule has 4 rings (SSSR count). The van der Waals surface area contributed by atoms with Gasteiger partial charge in [-0.25, -0.2) is 4.79 Å². The Labute approximate surface area is 191 Å². The van der Waals surface area contributed by atoms with E-state index in [1.165, 1.54) is 17.7 Å². The average molecular weight is 470 g/mol. The first kappa shape index (κ1) is 24.0. The third kappa shape index (κ3) is 4.90. The second kappa shape index (κ2) is 8.60. The Kier molecular flexibility index (Phi) is 6.26. The lowest BCUT2D eigenvalue weighted by Crippen LogP contribution is -2.55. The van der Waals surface area contributed by atoms with Crippen molar-refractivity contribution in [1.82, 2.24) is 0 Å². The van der Waals surface area contributed by atoms with E-state index in [1.807, 2.05) is 20.8 Å². The Morgan fingerprint density at radius 2 is 2.06 bits per heavy atom. The monoisotopic (exact) mass is 469 g/mol. The van der Waals surface area contributed by atoms with Gasteiger partial charge in [0, 0.05) is 12.8 Å². The zero-order chi connectivity index (χ0) is 24.0. The van der Waals surface area contributed by atoms with Gasteiger partial charge < -0.3 is 18.9 Å². The molecule has 33 heavy (non-hydrogen) atoms. The number of epoxide rings is 2. The van der Waals surface area contributed by atoms with Gasteiger partial charge in [0.1, 0.15) is 23.4 Å². The van der Waals surface area contributed by atoms with Gasteiger partial charge in [-0.05, 0) is 58.2 Å². The summed E-state index contributed by atoms with van der Waals surface area (Å²) in [7, 11) is 1.57. The third-order valence-corrected chi connectivity index (χ3v) is 6.93. The lowest BCUT2D eigenvalue weighted by atomic mass is 9.68. The number of hydrogen-bond donors (Lipinski definition) is 1. The van der Waals surface area contributed by atoms with E-state index < -0.39 is 35.6 Å². The van der Waals surface area contributed by atoms with Crippen molar-refractivity contribution in [2.45, 2.75) is 75.7 Å². The largest absolute Gasteiger partial charge is 0.443 e. The molecule has 6 unspecified atom stereocenters. The molecule has 3 fully saturated rings. The fourth-order valence-electron chi connectivity index (χ4n) is 5.13. The number of hydrogen-bond acceptors (Lipinski definition) is 5. The molecule has 1 amide bonds. The molecular weight excluding hydrogens is 439 g/mol. The van der Waals surface area contributed by atoms with Crippen LogP contribution in [0.2, 0.25) is 0 Å². The summed E-state index contributed by atoms with van der Waals surface area (Å²) >= 11 is 0. The Bertz CT molecular complexity index is 925. The number of methoxy groups -OCH3 is 1. The second-order valence-electron chi connectivity index (χ2n) is 9.52. The number of carbonyl (C=O) groups is 1. The van der Waals surface area contributed by atoms with Gasteiger partial charge in [0.05, 0.1) is 24.2 Å². The maximum Gasteiger partial charge on any atom is 0.416 e. The average Bonchev–Trinajstić information content (AvgIpc) is 3.64. The Morgan fingerprint density at radius 3 is 2.67 bits per heavy atom. The van der Waals surface area contributed by atoms with Gasteiger partial charge >= 0.3 is 12.3 Å². The van der Waals surface area contributed by atoms with Crippen LogP contribution in [0.15, 0.2) is 35.9 Å². The van der Waals surface area contributed by atoms with Crippen molar-refractivity contribution in [2.75, 3.05) is 19.0 Å². The van der Waals surface area contributed by atoms with Crippen LogP contribution >= 0.6 is 0 Å². The number of carbonyl (C=O) groups excluding carboxylic acids is 1. The van der Waals surface area contributed by atoms with Crippen molar-refractivity contribution in [1.29, 1.82) is 0 Å². The number of amides is 1. The fourth-order valence-corrected chi connectivity index (χ4v) is 5.13. The van der Waals surface area contributed by atoms with Crippen LogP contribution < -0.4 is 5.32 Å². The number of nitrogens with one attached hydrogen (secondary N) is 1. The molecule has 2 heterocycles. The highest BCUT2D eigenvalue weighted by atomic mass is 19.4. The van der Waals surface area contributed by atoms with Crippen molar-refractivity contribution in [3.63, 3.8) is 0 Å². The maximum absolute atomic E-state index is 13.0. The molecule has 1 aromatic rings. The van der Waals surface area contributed by atoms with E-state index in [1.54, 1.807) is 7.11 Å². The van der Waals surface area contributed by atoms with E-state index in [4.69, 9.17) is 18.9 Å². The van der Waals surface area contributed by atoms with Gasteiger partial charge in [0.2, 0.25) is 0 Å². The summed E-state index contributed by atoms with van der Waals surface area (Å²) in [5.74, 6) is -0.134. The highest BCUT2D eigenvalue weighted by Gasteiger charge is 2.72. The van der Waals surface area contributed by atoms with Crippen molar-refractivity contribution in [3.8, 4) is 0 Å². The molecule has 0 aromatic heterocycles. The molecule has 1 N–H and O–H groups in total. The molecule has 6 atom stereocenters. The number of allylic oxidation sites excluding steroid dienone is 1. The van der Waals surface area contributed by atoms with Gasteiger partial charge in [-0.3, -0.25) is 5.32 Å². The first-order chi connectivity index (χ1) is 15.5. The zero-order valence-electron chi connectivity index (χ0n) is 19.2. The zero-order valence-corrected chi connectivity index (χ0v) is 19.2. The maximum atomic E-state index is 13.0. The summed E-state index contributed by atoms with van der Waals surface area (Å²) in [6, 6.07) is 4.44. The number of halogens is 3. The van der Waals surface area contributed by atoms with E-state index in [0.717, 1.165) is 18.6 Å². The molecule has 1 aromatic carbocycles. The molecule has 0 radical (unpaired) electrons. The number of ether oxygens (including phenoxy) is 4. The summed E-state index contributed by atoms with van der Waals surface area (Å²) in [5.41, 5.74) is -0.446. The van der Waals surface area contributed by atoms with Crippen molar-refractivity contribution in [2.24, 2.45) is 5.92 Å². The fraction of sp³-hybridized carbons (Fsp3) is 0.625. The molecule has 182 valence electrons. The molecule has 2 aliphatic heterocycles. The topological polar surface area (TPSA) is 72.6 Å². The minimum Gasteiger partial charge on any atom is -0.443 e. The van der Waals surface area contributed by atoms with Crippen molar-refractivity contribution >= 4 is 11.8 Å². The smallest absolute Gasteiger partial charge is 0.416 e. The van der Waals surface area contributed by atoms with E-state index in [9.17, 15) is 18.0 Å². The summed E-state index contributed by atoms with van der Waals surface area (Å²) < 4.78 is 62.3. The molecule has 6 nitrogen and oxygen atoms in total. The molecule has 9 heteroatoms. The van der Waals surface area contributed by atoms with Crippen LogP contribution in [-0.2, 0) is 25.1 Å². The second-order valence-corrected chi connectivity index (χ2v) is 9.52. The number of rotatable bonds is 6. The lowest BCUT2D eigenvalue weighted by molar-refractivity contribution is -0.137. The van der Waals surface area contributed by atoms with Crippen LogP contribution in [-0.4, -0.2) is 49.3 Å². The molecule has 0 bridgehead atoms. The van der Waals surface area contributed by atoms with Gasteiger partial charge in [-0.1, -0.05) is 17.7 Å². The van der Waals surface area contributed by atoms with E-state index in [2.05, 4.69) is 11.4 Å². The summed E-state index contributed by atoms with van der Waals surface area (Å²) in [6.45, 7) is 6.73. The Balaban J connectivity index is 1.45. The van der Waals surface area contributed by atoms with Crippen LogP contribution in [0.25, 0.3) is 0 Å². The summed E-state index contributed by atoms with van der Waals surface area (Å²) in [6.07, 6.45) is -2.21. The predicted octanol–water partition coefficient (Wildman–Crippen LogP) is 5.33. The molecule has 1 aliphatic carbocycles. The van der Waals surface area contributed by atoms with Crippen LogP contribution in [0.5, 0.6) is 0 Å². The van der Waals surface area contributed by atoms with Gasteiger partial charge in [0.15, 0.2) is 0 Å². The normalized spacial score (nSPS) is 35.1. The van der Waals surface area contributed by atoms with Crippen molar-refractivity contribution < 1.29 is 36.9 Å². The molecule has 1 spiro atoms. The number of anilines is 1.